The van der Waals surface area contributed by atoms with Crippen molar-refractivity contribution < 1.29 is 13.2 Å². The molecule has 0 radical (unpaired) electrons. The number of sulfonamides is 1. The van der Waals surface area contributed by atoms with Crippen molar-refractivity contribution in [1.29, 1.82) is 0 Å². The van der Waals surface area contributed by atoms with Crippen LogP contribution in [0.25, 0.3) is 0 Å². The summed E-state index contributed by atoms with van der Waals surface area (Å²) in [4.78, 5) is 15.0. The largest absolute Gasteiger partial charge is 0.337 e. The molecule has 1 amide bonds. The minimum atomic E-state index is -3.86. The summed E-state index contributed by atoms with van der Waals surface area (Å²) in [5, 5.41) is 6.64. The number of rotatable bonds is 5. The standard InChI is InChI=1S/C19H26N4O3S/c1-12(2)17(22-27(25,26)18-13(3)20-21-14(18)4)19(24)23-10-9-15-7-5-6-8-16(15)11-23/h5-8,12,17,22H,9-11H2,1-4H3,(H,20,21)/t17-/m0/s1. The summed E-state index contributed by atoms with van der Waals surface area (Å²) in [5.41, 5.74) is 3.21. The van der Waals surface area contributed by atoms with Crippen molar-refractivity contribution in [2.45, 2.75) is 51.6 Å². The van der Waals surface area contributed by atoms with Crippen molar-refractivity contribution in [3.05, 3.63) is 46.8 Å². The molecule has 1 aliphatic heterocycles. The summed E-state index contributed by atoms with van der Waals surface area (Å²) in [6, 6.07) is 7.22. The third-order valence-corrected chi connectivity index (χ3v) is 6.69. The lowest BCUT2D eigenvalue weighted by Crippen LogP contribution is -2.52. The molecule has 0 aliphatic carbocycles. The van der Waals surface area contributed by atoms with Gasteiger partial charge < -0.3 is 4.90 Å². The molecule has 8 heteroatoms. The summed E-state index contributed by atoms with van der Waals surface area (Å²) in [6.07, 6.45) is 0.777. The van der Waals surface area contributed by atoms with Gasteiger partial charge in [0, 0.05) is 13.1 Å². The van der Waals surface area contributed by atoms with Gasteiger partial charge in [0.15, 0.2) is 0 Å². The smallest absolute Gasteiger partial charge is 0.244 e. The molecule has 3 rings (SSSR count). The number of hydrogen-bond donors (Lipinski definition) is 2. The predicted molar refractivity (Wildman–Crippen MR) is 103 cm³/mol. The van der Waals surface area contributed by atoms with Crippen LogP contribution in [0.3, 0.4) is 0 Å². The maximum atomic E-state index is 13.1. The molecular weight excluding hydrogens is 364 g/mol. The van der Waals surface area contributed by atoms with Crippen LogP contribution in [0.5, 0.6) is 0 Å². The van der Waals surface area contributed by atoms with Gasteiger partial charge in [-0.05, 0) is 37.3 Å². The van der Waals surface area contributed by atoms with E-state index in [0.29, 0.717) is 24.5 Å². The lowest BCUT2D eigenvalue weighted by atomic mass is 9.97. The highest BCUT2D eigenvalue weighted by Crippen LogP contribution is 2.22. The molecule has 2 N–H and O–H groups in total. The minimum absolute atomic E-state index is 0.116. The van der Waals surface area contributed by atoms with Gasteiger partial charge in [0.1, 0.15) is 10.9 Å². The van der Waals surface area contributed by atoms with Crippen molar-refractivity contribution in [2.75, 3.05) is 6.54 Å². The Morgan fingerprint density at radius 3 is 2.48 bits per heavy atom. The molecule has 0 fully saturated rings. The monoisotopic (exact) mass is 390 g/mol. The zero-order valence-electron chi connectivity index (χ0n) is 16.1. The van der Waals surface area contributed by atoms with E-state index in [1.54, 1.807) is 18.7 Å². The maximum absolute atomic E-state index is 13.1. The van der Waals surface area contributed by atoms with E-state index in [1.807, 2.05) is 32.0 Å². The molecular formula is C19H26N4O3S. The number of carbonyl (C=O) groups excluding carboxylic acids is 1. The second-order valence-electron chi connectivity index (χ2n) is 7.38. The van der Waals surface area contributed by atoms with Gasteiger partial charge in [-0.2, -0.15) is 9.82 Å². The van der Waals surface area contributed by atoms with Crippen molar-refractivity contribution in [3.8, 4) is 0 Å². The molecule has 1 aliphatic rings. The van der Waals surface area contributed by atoms with Crippen LogP contribution in [0.4, 0.5) is 0 Å². The molecule has 0 bridgehead atoms. The Morgan fingerprint density at radius 2 is 1.89 bits per heavy atom. The number of aryl methyl sites for hydroxylation is 2. The summed E-state index contributed by atoms with van der Waals surface area (Å²) < 4.78 is 28.4. The second-order valence-corrected chi connectivity index (χ2v) is 9.04. The SMILES string of the molecule is Cc1n[nH]c(C)c1S(=O)(=O)N[C@H](C(=O)N1CCc2ccccc2C1)C(C)C. The van der Waals surface area contributed by atoms with E-state index < -0.39 is 16.1 Å². The van der Waals surface area contributed by atoms with Crippen LogP contribution < -0.4 is 4.72 Å². The first kappa shape index (κ1) is 19.6. The topological polar surface area (TPSA) is 95.2 Å². The van der Waals surface area contributed by atoms with Crippen LogP contribution in [0.2, 0.25) is 0 Å². The van der Waals surface area contributed by atoms with E-state index in [9.17, 15) is 13.2 Å². The Labute approximate surface area is 160 Å². The summed E-state index contributed by atoms with van der Waals surface area (Å²) in [7, 11) is -3.86. The van der Waals surface area contributed by atoms with Gasteiger partial charge in [-0.15, -0.1) is 0 Å². The fraction of sp³-hybridized carbons (Fsp3) is 0.474. The summed E-state index contributed by atoms with van der Waals surface area (Å²) in [6.45, 7) is 8.07. The molecule has 2 aromatic rings. The van der Waals surface area contributed by atoms with Gasteiger partial charge >= 0.3 is 0 Å². The van der Waals surface area contributed by atoms with Gasteiger partial charge in [-0.25, -0.2) is 8.42 Å². The number of nitrogens with zero attached hydrogens (tertiary/aromatic N) is 2. The normalized spacial score (nSPS) is 15.7. The summed E-state index contributed by atoms with van der Waals surface area (Å²) in [5.74, 6) is -0.376. The number of aromatic nitrogens is 2. The maximum Gasteiger partial charge on any atom is 0.244 e. The summed E-state index contributed by atoms with van der Waals surface area (Å²) >= 11 is 0. The van der Waals surface area contributed by atoms with E-state index in [-0.39, 0.29) is 16.7 Å². The second kappa shape index (κ2) is 7.44. The molecule has 0 saturated carbocycles. The molecule has 1 aromatic carbocycles. The van der Waals surface area contributed by atoms with Crippen LogP contribution >= 0.6 is 0 Å². The van der Waals surface area contributed by atoms with Crippen molar-refractivity contribution in [3.63, 3.8) is 0 Å². The zero-order chi connectivity index (χ0) is 19.8. The average Bonchev–Trinajstić information content (AvgIpc) is 2.97. The zero-order valence-corrected chi connectivity index (χ0v) is 16.9. The Balaban J connectivity index is 1.83. The molecule has 0 saturated heterocycles. The molecule has 27 heavy (non-hydrogen) atoms. The highest BCUT2D eigenvalue weighted by Gasteiger charge is 2.34. The number of nitrogens with one attached hydrogen (secondary N) is 2. The van der Waals surface area contributed by atoms with Crippen LogP contribution in [0.15, 0.2) is 29.2 Å². The molecule has 2 heterocycles. The number of aromatic amines is 1. The lowest BCUT2D eigenvalue weighted by Gasteiger charge is -2.33. The first-order valence-electron chi connectivity index (χ1n) is 9.10. The van der Waals surface area contributed by atoms with Gasteiger partial charge in [0.25, 0.3) is 0 Å². The Bertz CT molecular complexity index is 930. The van der Waals surface area contributed by atoms with Crippen molar-refractivity contribution in [2.24, 2.45) is 5.92 Å². The Morgan fingerprint density at radius 1 is 1.22 bits per heavy atom. The predicted octanol–water partition coefficient (Wildman–Crippen LogP) is 1.91. The molecule has 146 valence electrons. The van der Waals surface area contributed by atoms with Crippen molar-refractivity contribution in [1.82, 2.24) is 19.8 Å². The Kier molecular flexibility index (Phi) is 5.39. The molecule has 0 spiro atoms. The lowest BCUT2D eigenvalue weighted by molar-refractivity contribution is -0.135. The van der Waals surface area contributed by atoms with E-state index in [0.717, 1.165) is 12.0 Å². The van der Waals surface area contributed by atoms with Gasteiger partial charge in [-0.3, -0.25) is 9.89 Å². The average molecular weight is 391 g/mol. The third-order valence-electron chi connectivity index (χ3n) is 4.99. The molecule has 0 unspecified atom stereocenters. The Hall–Kier alpha value is -2.19. The highest BCUT2D eigenvalue weighted by atomic mass is 32.2. The fourth-order valence-corrected chi connectivity index (χ4v) is 5.22. The minimum Gasteiger partial charge on any atom is -0.337 e. The van der Waals surface area contributed by atoms with Gasteiger partial charge in [0.2, 0.25) is 15.9 Å². The molecule has 1 atom stereocenters. The van der Waals surface area contributed by atoms with E-state index in [2.05, 4.69) is 21.0 Å². The number of amides is 1. The number of hydrogen-bond acceptors (Lipinski definition) is 4. The number of benzene rings is 1. The highest BCUT2D eigenvalue weighted by molar-refractivity contribution is 7.89. The van der Waals surface area contributed by atoms with Crippen LogP contribution in [0, 0.1) is 19.8 Å². The number of H-pyrrole nitrogens is 1. The van der Waals surface area contributed by atoms with Crippen LogP contribution in [-0.4, -0.2) is 42.0 Å². The fourth-order valence-electron chi connectivity index (χ4n) is 3.51. The first-order chi connectivity index (χ1) is 12.7. The van der Waals surface area contributed by atoms with Gasteiger partial charge in [-0.1, -0.05) is 38.1 Å². The van der Waals surface area contributed by atoms with E-state index >= 15 is 0 Å². The van der Waals surface area contributed by atoms with Gasteiger partial charge in [0.05, 0.1) is 11.4 Å². The quantitative estimate of drug-likeness (QED) is 0.815. The molecule has 1 aromatic heterocycles. The van der Waals surface area contributed by atoms with Crippen LogP contribution in [0.1, 0.15) is 36.4 Å². The first-order valence-corrected chi connectivity index (χ1v) is 10.6. The number of fused-ring (bicyclic) bond motifs is 1. The van der Waals surface area contributed by atoms with E-state index in [4.69, 9.17) is 0 Å². The number of carbonyl (C=O) groups is 1. The van der Waals surface area contributed by atoms with Crippen LogP contribution in [-0.2, 0) is 27.8 Å². The van der Waals surface area contributed by atoms with Crippen molar-refractivity contribution >= 4 is 15.9 Å². The van der Waals surface area contributed by atoms with E-state index in [1.165, 1.54) is 5.56 Å². The third kappa shape index (κ3) is 3.91. The molecule has 7 nitrogen and oxygen atoms in total.